The van der Waals surface area contributed by atoms with E-state index in [0.29, 0.717) is 19.5 Å². The van der Waals surface area contributed by atoms with Gasteiger partial charge < -0.3 is 16.4 Å². The lowest BCUT2D eigenvalue weighted by Gasteiger charge is -2.12. The molecule has 27 heavy (non-hydrogen) atoms. The van der Waals surface area contributed by atoms with Gasteiger partial charge in [-0.2, -0.15) is 0 Å². The van der Waals surface area contributed by atoms with Gasteiger partial charge in [-0.15, -0.1) is 0 Å². The number of halogens is 1. The highest BCUT2D eigenvalue weighted by molar-refractivity contribution is 5.99. The third-order valence-corrected chi connectivity index (χ3v) is 5.00. The Morgan fingerprint density at radius 1 is 1.04 bits per heavy atom. The van der Waals surface area contributed by atoms with Gasteiger partial charge >= 0.3 is 0 Å². The number of anilines is 1. The average Bonchev–Trinajstić information content (AvgIpc) is 3.11. The first kappa shape index (κ1) is 18.9. The van der Waals surface area contributed by atoms with Gasteiger partial charge in [0.05, 0.1) is 5.56 Å². The average molecular weight is 369 g/mol. The van der Waals surface area contributed by atoms with E-state index in [-0.39, 0.29) is 23.1 Å². The van der Waals surface area contributed by atoms with Crippen molar-refractivity contribution in [2.24, 2.45) is 0 Å². The summed E-state index contributed by atoms with van der Waals surface area (Å²) in [4.78, 5) is 24.5. The lowest BCUT2D eigenvalue weighted by atomic mass is 9.98. The van der Waals surface area contributed by atoms with Gasteiger partial charge in [-0.3, -0.25) is 9.59 Å². The zero-order valence-electron chi connectivity index (χ0n) is 15.4. The second-order valence-electron chi connectivity index (χ2n) is 6.83. The summed E-state index contributed by atoms with van der Waals surface area (Å²) in [6.45, 7) is 2.85. The summed E-state index contributed by atoms with van der Waals surface area (Å²) in [7, 11) is 0. The van der Waals surface area contributed by atoms with Gasteiger partial charge in [-0.25, -0.2) is 4.39 Å². The Morgan fingerprint density at radius 2 is 1.70 bits per heavy atom. The molecule has 4 N–H and O–H groups in total. The van der Waals surface area contributed by atoms with Gasteiger partial charge in [0, 0.05) is 24.3 Å². The highest BCUT2D eigenvalue weighted by atomic mass is 19.1. The number of benzene rings is 2. The number of hydrogen-bond acceptors (Lipinski definition) is 3. The number of hydrogen-bond donors (Lipinski definition) is 3. The molecule has 0 fully saturated rings. The highest BCUT2D eigenvalue weighted by Crippen LogP contribution is 2.27. The first-order chi connectivity index (χ1) is 13.0. The molecule has 1 aliphatic rings. The minimum absolute atomic E-state index is 0.0868. The number of amides is 2. The van der Waals surface area contributed by atoms with Gasteiger partial charge in [0.2, 0.25) is 0 Å². The fraction of sp³-hybridized carbons (Fsp3) is 0.333. The summed E-state index contributed by atoms with van der Waals surface area (Å²) in [6, 6.07) is 7.63. The van der Waals surface area contributed by atoms with Crippen molar-refractivity contribution < 1.29 is 14.0 Å². The molecule has 0 aromatic heterocycles. The summed E-state index contributed by atoms with van der Waals surface area (Å²) in [6.07, 6.45) is 3.87. The molecule has 0 aliphatic heterocycles. The van der Waals surface area contributed by atoms with E-state index in [1.165, 1.54) is 23.3 Å². The summed E-state index contributed by atoms with van der Waals surface area (Å²) >= 11 is 0. The van der Waals surface area contributed by atoms with Gasteiger partial charge in [-0.1, -0.05) is 6.07 Å². The molecule has 6 heteroatoms. The molecule has 0 atom stereocenters. The number of aryl methyl sites for hydroxylation is 1. The van der Waals surface area contributed by atoms with Crippen LogP contribution < -0.4 is 16.4 Å². The van der Waals surface area contributed by atoms with Crippen molar-refractivity contribution in [2.45, 2.75) is 32.6 Å². The maximum Gasteiger partial charge on any atom is 0.253 e. The second kappa shape index (κ2) is 8.20. The van der Waals surface area contributed by atoms with Crippen LogP contribution in [0.5, 0.6) is 0 Å². The molecule has 0 radical (unpaired) electrons. The van der Waals surface area contributed by atoms with Crippen LogP contribution in [0.2, 0.25) is 0 Å². The summed E-state index contributed by atoms with van der Waals surface area (Å²) in [5.74, 6) is -0.918. The van der Waals surface area contributed by atoms with Crippen molar-refractivity contribution in [3.05, 3.63) is 64.0 Å². The molecular weight excluding hydrogens is 345 g/mol. The van der Waals surface area contributed by atoms with Crippen molar-refractivity contribution in [1.29, 1.82) is 0 Å². The highest BCUT2D eigenvalue weighted by Gasteiger charge is 2.18. The van der Waals surface area contributed by atoms with Gasteiger partial charge in [0.15, 0.2) is 0 Å². The van der Waals surface area contributed by atoms with Crippen LogP contribution in [0.3, 0.4) is 0 Å². The molecular formula is C21H24FN3O2. The Hall–Kier alpha value is -2.89. The molecule has 2 aromatic rings. The maximum atomic E-state index is 13.0. The van der Waals surface area contributed by atoms with Crippen molar-refractivity contribution >= 4 is 17.5 Å². The molecule has 2 aromatic carbocycles. The van der Waals surface area contributed by atoms with E-state index in [2.05, 4.69) is 16.7 Å². The molecule has 0 heterocycles. The van der Waals surface area contributed by atoms with Gasteiger partial charge in [-0.05, 0) is 73.6 Å². The fourth-order valence-corrected chi connectivity index (χ4v) is 3.52. The van der Waals surface area contributed by atoms with Crippen LogP contribution in [0, 0.1) is 12.7 Å². The maximum absolute atomic E-state index is 13.0. The van der Waals surface area contributed by atoms with Crippen LogP contribution in [0.4, 0.5) is 10.1 Å². The van der Waals surface area contributed by atoms with E-state index >= 15 is 0 Å². The van der Waals surface area contributed by atoms with Crippen molar-refractivity contribution in [3.8, 4) is 0 Å². The SMILES string of the molecule is Cc1c(C(=O)NCCCNC(=O)c2ccc(F)cc2N)ccc2c1CCC2. The molecule has 2 amide bonds. The number of carbonyl (C=O) groups excluding carboxylic acids is 2. The van der Waals surface area contributed by atoms with Crippen LogP contribution in [-0.2, 0) is 12.8 Å². The van der Waals surface area contributed by atoms with E-state index < -0.39 is 5.82 Å². The van der Waals surface area contributed by atoms with Crippen molar-refractivity contribution in [2.75, 3.05) is 18.8 Å². The van der Waals surface area contributed by atoms with E-state index in [0.717, 1.165) is 36.5 Å². The Balaban J connectivity index is 1.45. The first-order valence-electron chi connectivity index (χ1n) is 9.20. The smallest absolute Gasteiger partial charge is 0.253 e. The normalized spacial score (nSPS) is 12.5. The molecule has 142 valence electrons. The molecule has 5 nitrogen and oxygen atoms in total. The number of nitrogen functional groups attached to an aromatic ring is 1. The number of nitrogens with one attached hydrogen (secondary N) is 2. The minimum Gasteiger partial charge on any atom is -0.398 e. The third kappa shape index (κ3) is 4.27. The van der Waals surface area contributed by atoms with Crippen LogP contribution >= 0.6 is 0 Å². The van der Waals surface area contributed by atoms with E-state index in [9.17, 15) is 14.0 Å². The Labute approximate surface area is 158 Å². The number of fused-ring (bicyclic) bond motifs is 1. The molecule has 0 saturated heterocycles. The molecule has 0 unspecified atom stereocenters. The third-order valence-electron chi connectivity index (χ3n) is 5.00. The molecule has 0 bridgehead atoms. The zero-order valence-corrected chi connectivity index (χ0v) is 15.4. The predicted octanol–water partition coefficient (Wildman–Crippen LogP) is 2.75. The topological polar surface area (TPSA) is 84.2 Å². The van der Waals surface area contributed by atoms with Gasteiger partial charge in [0.25, 0.3) is 11.8 Å². The first-order valence-corrected chi connectivity index (χ1v) is 9.20. The van der Waals surface area contributed by atoms with Crippen molar-refractivity contribution in [1.82, 2.24) is 10.6 Å². The molecule has 1 aliphatic carbocycles. The van der Waals surface area contributed by atoms with Crippen LogP contribution in [0.15, 0.2) is 30.3 Å². The molecule has 0 spiro atoms. The monoisotopic (exact) mass is 369 g/mol. The van der Waals surface area contributed by atoms with Gasteiger partial charge in [0.1, 0.15) is 5.82 Å². The zero-order chi connectivity index (χ0) is 19.4. The second-order valence-corrected chi connectivity index (χ2v) is 6.83. The lowest BCUT2D eigenvalue weighted by Crippen LogP contribution is -2.30. The standard InChI is InChI=1S/C21H24FN3O2/c1-13-16-5-2-4-14(16)6-8-17(13)20(26)24-10-3-11-25-21(27)18-9-7-15(22)12-19(18)23/h6-9,12H,2-5,10-11,23H2,1H3,(H,24,26)(H,25,27). The Morgan fingerprint density at radius 3 is 2.41 bits per heavy atom. The molecule has 3 rings (SSSR count). The van der Waals surface area contributed by atoms with Crippen LogP contribution in [0.25, 0.3) is 0 Å². The number of rotatable bonds is 6. The van der Waals surface area contributed by atoms with Crippen molar-refractivity contribution in [3.63, 3.8) is 0 Å². The van der Waals surface area contributed by atoms with Crippen LogP contribution in [-0.4, -0.2) is 24.9 Å². The Kier molecular flexibility index (Phi) is 5.74. The lowest BCUT2D eigenvalue weighted by molar-refractivity contribution is 0.0951. The van der Waals surface area contributed by atoms with E-state index in [1.54, 1.807) is 0 Å². The Bertz CT molecular complexity index is 880. The number of carbonyl (C=O) groups is 2. The summed E-state index contributed by atoms with van der Waals surface area (Å²) < 4.78 is 13.0. The van der Waals surface area contributed by atoms with Crippen LogP contribution in [0.1, 0.15) is 50.2 Å². The minimum atomic E-state index is -0.478. The quantitative estimate of drug-likeness (QED) is 0.541. The largest absolute Gasteiger partial charge is 0.398 e. The fourth-order valence-electron chi connectivity index (χ4n) is 3.52. The predicted molar refractivity (Wildman–Crippen MR) is 103 cm³/mol. The summed E-state index contributed by atoms with van der Waals surface area (Å²) in [5, 5.41) is 5.62. The van der Waals surface area contributed by atoms with E-state index in [4.69, 9.17) is 5.73 Å². The molecule has 0 saturated carbocycles. The van der Waals surface area contributed by atoms with E-state index in [1.807, 2.05) is 13.0 Å². The summed E-state index contributed by atoms with van der Waals surface area (Å²) in [5.41, 5.74) is 10.5. The number of nitrogens with two attached hydrogens (primary N) is 1.